The largest absolute Gasteiger partial charge is 0.340 e. The number of hydrogen-bond acceptors (Lipinski definition) is 4. The van der Waals surface area contributed by atoms with E-state index in [0.717, 1.165) is 30.5 Å². The summed E-state index contributed by atoms with van der Waals surface area (Å²) < 4.78 is 5.29. The lowest BCUT2D eigenvalue weighted by atomic mass is 10.0. The second kappa shape index (κ2) is 6.94. The van der Waals surface area contributed by atoms with Crippen molar-refractivity contribution in [3.05, 3.63) is 35.7 Å². The molecule has 5 nitrogen and oxygen atoms in total. The monoisotopic (exact) mass is 313 g/mol. The minimum absolute atomic E-state index is 0.188. The second-order valence-corrected chi connectivity index (χ2v) is 6.31. The normalized spacial score (nSPS) is 18.2. The molecule has 1 aliphatic rings. The van der Waals surface area contributed by atoms with Crippen molar-refractivity contribution in [3.8, 4) is 11.4 Å². The molecule has 1 atom stereocenters. The van der Waals surface area contributed by atoms with Gasteiger partial charge in [-0.25, -0.2) is 0 Å². The number of likely N-dealkylation sites (tertiary alicyclic amines) is 1. The smallest absolute Gasteiger partial charge is 0.227 e. The van der Waals surface area contributed by atoms with Gasteiger partial charge in [0, 0.05) is 31.0 Å². The third kappa shape index (κ3) is 3.78. The molecule has 23 heavy (non-hydrogen) atoms. The van der Waals surface area contributed by atoms with Crippen LogP contribution in [0.5, 0.6) is 0 Å². The maximum absolute atomic E-state index is 12.3. The van der Waals surface area contributed by atoms with Gasteiger partial charge < -0.3 is 9.42 Å². The zero-order valence-corrected chi connectivity index (χ0v) is 13.8. The average molecular weight is 313 g/mol. The van der Waals surface area contributed by atoms with Crippen molar-refractivity contribution < 1.29 is 9.32 Å². The number of benzene rings is 1. The Morgan fingerprint density at radius 2 is 2.26 bits per heavy atom. The van der Waals surface area contributed by atoms with E-state index in [0.29, 0.717) is 30.6 Å². The lowest BCUT2D eigenvalue weighted by Crippen LogP contribution is -2.42. The zero-order valence-electron chi connectivity index (χ0n) is 13.8. The van der Waals surface area contributed by atoms with Gasteiger partial charge in [0.2, 0.25) is 17.6 Å². The number of amides is 1. The van der Waals surface area contributed by atoms with E-state index < -0.39 is 0 Å². The van der Waals surface area contributed by atoms with E-state index in [-0.39, 0.29) is 5.91 Å². The summed E-state index contributed by atoms with van der Waals surface area (Å²) in [7, 11) is 0. The summed E-state index contributed by atoms with van der Waals surface area (Å²) in [6, 6.07) is 8.34. The van der Waals surface area contributed by atoms with Crippen molar-refractivity contribution in [2.24, 2.45) is 0 Å². The molecule has 0 aliphatic carbocycles. The van der Waals surface area contributed by atoms with Crippen LogP contribution in [-0.2, 0) is 11.2 Å². The number of nitrogens with zero attached hydrogens (tertiary/aromatic N) is 3. The number of carbonyl (C=O) groups excluding carboxylic acids is 1. The number of rotatable bonds is 4. The van der Waals surface area contributed by atoms with Crippen LogP contribution in [0.25, 0.3) is 11.4 Å². The molecular formula is C18H23N3O2. The molecule has 3 rings (SSSR count). The highest BCUT2D eigenvalue weighted by molar-refractivity contribution is 5.76. The molecule has 1 amide bonds. The van der Waals surface area contributed by atoms with Crippen LogP contribution >= 0.6 is 0 Å². The van der Waals surface area contributed by atoms with Crippen molar-refractivity contribution in [1.29, 1.82) is 0 Å². The van der Waals surface area contributed by atoms with Gasteiger partial charge in [-0.3, -0.25) is 4.79 Å². The summed E-state index contributed by atoms with van der Waals surface area (Å²) in [5.74, 6) is 1.30. The molecule has 0 radical (unpaired) electrons. The van der Waals surface area contributed by atoms with E-state index in [1.54, 1.807) is 0 Å². The molecular weight excluding hydrogens is 290 g/mol. The second-order valence-electron chi connectivity index (χ2n) is 6.31. The first-order valence-electron chi connectivity index (χ1n) is 8.32. The topological polar surface area (TPSA) is 59.2 Å². The van der Waals surface area contributed by atoms with Crippen molar-refractivity contribution in [2.75, 3.05) is 6.54 Å². The molecule has 1 aromatic carbocycles. The number of carbonyl (C=O) groups is 1. The van der Waals surface area contributed by atoms with Gasteiger partial charge in [-0.2, -0.15) is 4.98 Å². The number of aromatic nitrogens is 2. The Hall–Kier alpha value is -2.17. The first kappa shape index (κ1) is 15.7. The minimum Gasteiger partial charge on any atom is -0.340 e. The molecule has 2 heterocycles. The molecule has 0 bridgehead atoms. The molecule has 1 fully saturated rings. The fraction of sp³-hybridized carbons (Fsp3) is 0.500. The summed E-state index contributed by atoms with van der Waals surface area (Å²) in [5.41, 5.74) is 2.10. The molecule has 2 aromatic rings. The van der Waals surface area contributed by atoms with Gasteiger partial charge in [-0.15, -0.1) is 0 Å². The van der Waals surface area contributed by atoms with Crippen LogP contribution in [0.1, 0.15) is 44.1 Å². The Kier molecular flexibility index (Phi) is 4.74. The Morgan fingerprint density at radius 3 is 3.04 bits per heavy atom. The lowest BCUT2D eigenvalue weighted by Gasteiger charge is -2.33. The Labute approximate surface area is 136 Å². The van der Waals surface area contributed by atoms with E-state index in [1.165, 1.54) is 6.42 Å². The molecule has 1 unspecified atom stereocenters. The standard InChI is InChI=1S/C18H23N3O2/c1-13-6-5-8-15(12-13)18-19-16(23-20-18)9-10-17(22)21-11-4-3-7-14(21)2/h5-6,8,12,14H,3-4,7,9-11H2,1-2H3. The van der Waals surface area contributed by atoms with Gasteiger partial charge in [0.1, 0.15) is 0 Å². The molecule has 0 saturated carbocycles. The summed E-state index contributed by atoms with van der Waals surface area (Å²) in [4.78, 5) is 18.7. The average Bonchev–Trinajstić information content (AvgIpc) is 3.02. The quantitative estimate of drug-likeness (QED) is 0.868. The molecule has 122 valence electrons. The highest BCUT2D eigenvalue weighted by atomic mass is 16.5. The number of aryl methyl sites for hydroxylation is 2. The predicted molar refractivity (Wildman–Crippen MR) is 87.8 cm³/mol. The molecule has 1 saturated heterocycles. The Bertz CT molecular complexity index is 680. The summed E-state index contributed by atoms with van der Waals surface area (Å²) >= 11 is 0. The van der Waals surface area contributed by atoms with Crippen LogP contribution < -0.4 is 0 Å². The summed E-state index contributed by atoms with van der Waals surface area (Å²) in [5, 5.41) is 4.02. The van der Waals surface area contributed by atoms with Crippen molar-refractivity contribution in [3.63, 3.8) is 0 Å². The molecule has 1 aliphatic heterocycles. The van der Waals surface area contributed by atoms with Gasteiger partial charge in [-0.1, -0.05) is 28.9 Å². The van der Waals surface area contributed by atoms with Crippen LogP contribution in [-0.4, -0.2) is 33.5 Å². The first-order valence-corrected chi connectivity index (χ1v) is 8.32. The predicted octanol–water partition coefficient (Wildman–Crippen LogP) is 3.38. The van der Waals surface area contributed by atoms with Crippen molar-refractivity contribution in [1.82, 2.24) is 15.0 Å². The van der Waals surface area contributed by atoms with Crippen LogP contribution in [0.15, 0.2) is 28.8 Å². The highest BCUT2D eigenvalue weighted by Gasteiger charge is 2.23. The maximum Gasteiger partial charge on any atom is 0.227 e. The highest BCUT2D eigenvalue weighted by Crippen LogP contribution is 2.19. The van der Waals surface area contributed by atoms with Gasteiger partial charge in [0.25, 0.3) is 0 Å². The lowest BCUT2D eigenvalue weighted by molar-refractivity contribution is -0.134. The van der Waals surface area contributed by atoms with Crippen LogP contribution in [0.4, 0.5) is 0 Å². The first-order chi connectivity index (χ1) is 11.1. The van der Waals surface area contributed by atoms with Crippen molar-refractivity contribution in [2.45, 2.75) is 52.0 Å². The molecule has 5 heteroatoms. The fourth-order valence-electron chi connectivity index (χ4n) is 3.08. The van der Waals surface area contributed by atoms with Gasteiger partial charge in [-0.05, 0) is 39.2 Å². The molecule has 1 aromatic heterocycles. The van der Waals surface area contributed by atoms with E-state index in [1.807, 2.05) is 36.1 Å². The van der Waals surface area contributed by atoms with E-state index in [4.69, 9.17) is 4.52 Å². The van der Waals surface area contributed by atoms with E-state index >= 15 is 0 Å². The zero-order chi connectivity index (χ0) is 16.2. The molecule has 0 spiro atoms. The van der Waals surface area contributed by atoms with Crippen LogP contribution in [0, 0.1) is 6.92 Å². The number of piperidine rings is 1. The van der Waals surface area contributed by atoms with Crippen molar-refractivity contribution >= 4 is 5.91 Å². The van der Waals surface area contributed by atoms with Crippen LogP contribution in [0.3, 0.4) is 0 Å². The number of hydrogen-bond donors (Lipinski definition) is 0. The maximum atomic E-state index is 12.3. The Morgan fingerprint density at radius 1 is 1.39 bits per heavy atom. The van der Waals surface area contributed by atoms with Gasteiger partial charge in [0.15, 0.2) is 0 Å². The third-order valence-electron chi connectivity index (χ3n) is 4.42. The Balaban J connectivity index is 1.60. The van der Waals surface area contributed by atoms with Crippen LogP contribution in [0.2, 0.25) is 0 Å². The fourth-order valence-corrected chi connectivity index (χ4v) is 3.08. The van der Waals surface area contributed by atoms with E-state index in [9.17, 15) is 4.79 Å². The molecule has 0 N–H and O–H groups in total. The minimum atomic E-state index is 0.188. The third-order valence-corrected chi connectivity index (χ3v) is 4.42. The van der Waals surface area contributed by atoms with E-state index in [2.05, 4.69) is 17.1 Å². The SMILES string of the molecule is Cc1cccc(-c2noc(CCC(=O)N3CCCCC3C)n2)c1. The van der Waals surface area contributed by atoms with Gasteiger partial charge in [0.05, 0.1) is 0 Å². The summed E-state index contributed by atoms with van der Waals surface area (Å²) in [6.45, 7) is 5.03. The van der Waals surface area contributed by atoms with Gasteiger partial charge >= 0.3 is 0 Å². The summed E-state index contributed by atoms with van der Waals surface area (Å²) in [6.07, 6.45) is 4.35.